The number of aliphatic imine (C=N–C) groups is 1. The second-order valence-electron chi connectivity index (χ2n) is 7.26. The standard InChI is InChI=1S/C22H28N6O2S/c1-16-14-17(2)28(27-16)21-7-5-4-6-19(21)15-26-22(24-3)25-13-12-18-8-10-20(11-9-18)31(23,29)30/h4-11,14H,12-13,15H2,1-3H3,(H2,23,29,30)(H2,24,25,26). The number of sulfonamides is 1. The Morgan fingerprint density at radius 1 is 1.10 bits per heavy atom. The van der Waals surface area contributed by atoms with Gasteiger partial charge in [-0.2, -0.15) is 5.10 Å². The molecular formula is C22H28N6O2S. The van der Waals surface area contributed by atoms with Crippen molar-refractivity contribution in [1.29, 1.82) is 0 Å². The van der Waals surface area contributed by atoms with Crippen molar-refractivity contribution in [2.45, 2.75) is 31.7 Å². The van der Waals surface area contributed by atoms with Crippen molar-refractivity contribution in [1.82, 2.24) is 20.4 Å². The average molecular weight is 441 g/mol. The first-order chi connectivity index (χ1) is 14.8. The van der Waals surface area contributed by atoms with Gasteiger partial charge in [0.05, 0.1) is 16.3 Å². The fourth-order valence-corrected chi connectivity index (χ4v) is 3.83. The molecule has 9 heteroatoms. The molecule has 1 heterocycles. The molecule has 1 aromatic heterocycles. The van der Waals surface area contributed by atoms with Gasteiger partial charge in [-0.3, -0.25) is 4.99 Å². The summed E-state index contributed by atoms with van der Waals surface area (Å²) >= 11 is 0. The minimum absolute atomic E-state index is 0.114. The molecule has 0 atom stereocenters. The molecule has 0 unspecified atom stereocenters. The van der Waals surface area contributed by atoms with E-state index in [1.54, 1.807) is 19.2 Å². The SMILES string of the molecule is CN=C(NCCc1ccc(S(N)(=O)=O)cc1)NCc1ccccc1-n1nc(C)cc1C. The molecule has 0 amide bonds. The molecule has 0 fully saturated rings. The number of para-hydroxylation sites is 1. The predicted octanol–water partition coefficient (Wildman–Crippen LogP) is 2.04. The van der Waals surface area contributed by atoms with Crippen LogP contribution in [0.25, 0.3) is 5.69 Å². The Bertz CT molecular complexity index is 1170. The van der Waals surface area contributed by atoms with Crippen LogP contribution in [0, 0.1) is 13.8 Å². The molecular weight excluding hydrogens is 412 g/mol. The highest BCUT2D eigenvalue weighted by Gasteiger charge is 2.10. The lowest BCUT2D eigenvalue weighted by molar-refractivity contribution is 0.598. The van der Waals surface area contributed by atoms with Crippen molar-refractivity contribution in [3.05, 3.63) is 77.1 Å². The van der Waals surface area contributed by atoms with Crippen LogP contribution in [0.5, 0.6) is 0 Å². The Balaban J connectivity index is 1.58. The highest BCUT2D eigenvalue weighted by atomic mass is 32.2. The lowest BCUT2D eigenvalue weighted by Gasteiger charge is -2.15. The largest absolute Gasteiger partial charge is 0.356 e. The summed E-state index contributed by atoms with van der Waals surface area (Å²) < 4.78 is 24.6. The summed E-state index contributed by atoms with van der Waals surface area (Å²) in [6, 6.07) is 16.8. The second kappa shape index (κ2) is 9.76. The Kier molecular flexibility index (Phi) is 7.09. The number of guanidine groups is 1. The van der Waals surface area contributed by atoms with E-state index in [2.05, 4.69) is 38.9 Å². The summed E-state index contributed by atoms with van der Waals surface area (Å²) in [4.78, 5) is 4.39. The third kappa shape index (κ3) is 5.93. The van der Waals surface area contributed by atoms with E-state index in [-0.39, 0.29) is 4.90 Å². The monoisotopic (exact) mass is 440 g/mol. The number of primary sulfonamides is 1. The minimum Gasteiger partial charge on any atom is -0.356 e. The quantitative estimate of drug-likeness (QED) is 0.384. The van der Waals surface area contributed by atoms with Gasteiger partial charge in [-0.1, -0.05) is 30.3 Å². The predicted molar refractivity (Wildman–Crippen MR) is 123 cm³/mol. The van der Waals surface area contributed by atoms with Crippen LogP contribution in [-0.4, -0.2) is 37.8 Å². The van der Waals surface area contributed by atoms with E-state index in [4.69, 9.17) is 5.14 Å². The number of nitrogens with two attached hydrogens (primary N) is 1. The number of hydrogen-bond acceptors (Lipinski definition) is 4. The van der Waals surface area contributed by atoms with Crippen LogP contribution in [0.15, 0.2) is 64.5 Å². The first kappa shape index (κ1) is 22.5. The number of aryl methyl sites for hydroxylation is 2. The van der Waals surface area contributed by atoms with Crippen molar-refractivity contribution >= 4 is 16.0 Å². The maximum Gasteiger partial charge on any atom is 0.238 e. The third-order valence-corrected chi connectivity index (χ3v) is 5.79. The van der Waals surface area contributed by atoms with Gasteiger partial charge in [0.15, 0.2) is 5.96 Å². The topological polar surface area (TPSA) is 114 Å². The fraction of sp³-hybridized carbons (Fsp3) is 0.273. The van der Waals surface area contributed by atoms with E-state index in [1.165, 1.54) is 12.1 Å². The Morgan fingerprint density at radius 2 is 1.81 bits per heavy atom. The van der Waals surface area contributed by atoms with Crippen LogP contribution in [0.3, 0.4) is 0 Å². The van der Waals surface area contributed by atoms with Gasteiger partial charge >= 0.3 is 0 Å². The highest BCUT2D eigenvalue weighted by Crippen LogP contribution is 2.17. The maximum atomic E-state index is 11.3. The van der Waals surface area contributed by atoms with E-state index >= 15 is 0 Å². The van der Waals surface area contributed by atoms with Gasteiger partial charge in [-0.15, -0.1) is 0 Å². The van der Waals surface area contributed by atoms with Gasteiger partial charge in [0, 0.05) is 25.8 Å². The minimum atomic E-state index is -3.67. The average Bonchev–Trinajstić information content (AvgIpc) is 3.08. The first-order valence-electron chi connectivity index (χ1n) is 9.96. The molecule has 164 valence electrons. The molecule has 0 bridgehead atoms. The van der Waals surface area contributed by atoms with Crippen LogP contribution in [-0.2, 0) is 23.0 Å². The molecule has 8 nitrogen and oxygen atoms in total. The van der Waals surface area contributed by atoms with Gasteiger partial charge < -0.3 is 10.6 Å². The van der Waals surface area contributed by atoms with Gasteiger partial charge in [-0.05, 0) is 55.7 Å². The lowest BCUT2D eigenvalue weighted by atomic mass is 10.1. The van der Waals surface area contributed by atoms with Crippen molar-refractivity contribution in [2.75, 3.05) is 13.6 Å². The van der Waals surface area contributed by atoms with E-state index in [0.29, 0.717) is 25.5 Å². The molecule has 0 spiro atoms. The van der Waals surface area contributed by atoms with Crippen LogP contribution in [0.2, 0.25) is 0 Å². The number of aromatic nitrogens is 2. The first-order valence-corrected chi connectivity index (χ1v) is 11.5. The van der Waals surface area contributed by atoms with Crippen LogP contribution >= 0.6 is 0 Å². The zero-order valence-corrected chi connectivity index (χ0v) is 18.8. The van der Waals surface area contributed by atoms with Crippen LogP contribution in [0.4, 0.5) is 0 Å². The van der Waals surface area contributed by atoms with Gasteiger partial charge in [-0.25, -0.2) is 18.2 Å². The summed E-state index contributed by atoms with van der Waals surface area (Å²) in [5.74, 6) is 0.685. The molecule has 0 aliphatic rings. The molecule has 0 aliphatic heterocycles. The molecule has 2 aromatic carbocycles. The third-order valence-electron chi connectivity index (χ3n) is 4.86. The Morgan fingerprint density at radius 3 is 2.42 bits per heavy atom. The second-order valence-corrected chi connectivity index (χ2v) is 8.82. The fourth-order valence-electron chi connectivity index (χ4n) is 3.31. The lowest BCUT2D eigenvalue weighted by Crippen LogP contribution is -2.38. The zero-order valence-electron chi connectivity index (χ0n) is 18.0. The summed E-state index contributed by atoms with van der Waals surface area (Å²) in [5.41, 5.74) is 5.21. The highest BCUT2D eigenvalue weighted by molar-refractivity contribution is 7.89. The Labute approximate surface area is 183 Å². The molecule has 0 saturated carbocycles. The molecule has 31 heavy (non-hydrogen) atoms. The summed E-state index contributed by atoms with van der Waals surface area (Å²) in [7, 11) is -1.94. The number of nitrogens with zero attached hydrogens (tertiary/aromatic N) is 3. The van der Waals surface area contributed by atoms with E-state index in [1.807, 2.05) is 30.7 Å². The van der Waals surface area contributed by atoms with Gasteiger partial charge in [0.2, 0.25) is 10.0 Å². The number of benzene rings is 2. The molecule has 3 aromatic rings. The summed E-state index contributed by atoms with van der Waals surface area (Å²) in [6.07, 6.45) is 0.716. The van der Waals surface area contributed by atoms with Crippen molar-refractivity contribution in [3.8, 4) is 5.69 Å². The summed E-state index contributed by atoms with van der Waals surface area (Å²) in [5, 5.41) is 16.3. The molecule has 0 saturated heterocycles. The number of hydrogen-bond donors (Lipinski definition) is 3. The number of rotatable bonds is 7. The smallest absolute Gasteiger partial charge is 0.238 e. The van der Waals surface area contributed by atoms with Gasteiger partial charge in [0.25, 0.3) is 0 Å². The van der Waals surface area contributed by atoms with E-state index < -0.39 is 10.0 Å². The van der Waals surface area contributed by atoms with Crippen LogP contribution < -0.4 is 15.8 Å². The van der Waals surface area contributed by atoms with Crippen molar-refractivity contribution in [3.63, 3.8) is 0 Å². The Hall–Kier alpha value is -3.17. The van der Waals surface area contributed by atoms with Crippen molar-refractivity contribution in [2.24, 2.45) is 10.1 Å². The van der Waals surface area contributed by atoms with Crippen molar-refractivity contribution < 1.29 is 8.42 Å². The molecule has 3 rings (SSSR count). The van der Waals surface area contributed by atoms with E-state index in [9.17, 15) is 8.42 Å². The van der Waals surface area contributed by atoms with Crippen LogP contribution in [0.1, 0.15) is 22.5 Å². The maximum absolute atomic E-state index is 11.3. The number of nitrogens with one attached hydrogen (secondary N) is 2. The van der Waals surface area contributed by atoms with Gasteiger partial charge in [0.1, 0.15) is 0 Å². The van der Waals surface area contributed by atoms with E-state index in [0.717, 1.165) is 28.2 Å². The normalized spacial score (nSPS) is 12.1. The molecule has 0 aliphatic carbocycles. The molecule has 0 radical (unpaired) electrons. The zero-order chi connectivity index (χ0) is 22.4. The summed E-state index contributed by atoms with van der Waals surface area (Å²) in [6.45, 7) is 5.27. The molecule has 4 N–H and O–H groups in total.